The summed E-state index contributed by atoms with van der Waals surface area (Å²) < 4.78 is 4.69. The van der Waals surface area contributed by atoms with Crippen LogP contribution < -0.4 is 15.5 Å². The number of amides is 3. The molecular weight excluding hydrogens is 346 g/mol. The molecule has 0 saturated heterocycles. The van der Waals surface area contributed by atoms with Gasteiger partial charge in [-0.1, -0.05) is 44.2 Å². The highest BCUT2D eigenvalue weighted by molar-refractivity contribution is 5.92. The molecule has 0 bridgehead atoms. The lowest BCUT2D eigenvalue weighted by molar-refractivity contribution is -0.881. The van der Waals surface area contributed by atoms with Crippen LogP contribution in [0, 0.1) is 5.92 Å². The van der Waals surface area contributed by atoms with Crippen LogP contribution in [0.25, 0.3) is 0 Å². The Hall–Kier alpha value is -2.41. The summed E-state index contributed by atoms with van der Waals surface area (Å²) in [7, 11) is 0. The number of likely N-dealkylation sites (N-methyl/N-ethyl adjacent to an activating group) is 1. The zero-order chi connectivity index (χ0) is 20.2. The molecule has 3 N–H and O–H groups in total. The first-order valence-corrected chi connectivity index (χ1v) is 9.50. The van der Waals surface area contributed by atoms with Crippen molar-refractivity contribution < 1.29 is 24.0 Å². The molecule has 0 aliphatic heterocycles. The summed E-state index contributed by atoms with van der Waals surface area (Å²) in [5.74, 6) is -0.148. The minimum Gasteiger partial charge on any atom is -0.450 e. The van der Waals surface area contributed by atoms with E-state index in [1.165, 1.54) is 0 Å². The highest BCUT2D eigenvalue weighted by Gasteiger charge is 2.21. The van der Waals surface area contributed by atoms with E-state index in [9.17, 15) is 14.4 Å². The topological polar surface area (TPSA) is 88.9 Å². The van der Waals surface area contributed by atoms with E-state index < -0.39 is 12.0 Å². The summed E-state index contributed by atoms with van der Waals surface area (Å²) in [5.41, 5.74) is 1.07. The molecule has 2 atom stereocenters. The van der Waals surface area contributed by atoms with Gasteiger partial charge in [-0.25, -0.2) is 4.79 Å². The molecule has 150 valence electrons. The molecule has 0 spiro atoms. The smallest absolute Gasteiger partial charge is 0.414 e. The number of nitrogens with one attached hydrogen (secondary N) is 3. The average molecular weight is 378 g/mol. The van der Waals surface area contributed by atoms with E-state index in [4.69, 9.17) is 0 Å². The van der Waals surface area contributed by atoms with Crippen molar-refractivity contribution in [2.45, 2.75) is 40.2 Å². The van der Waals surface area contributed by atoms with E-state index in [1.54, 1.807) is 6.92 Å². The van der Waals surface area contributed by atoms with Crippen LogP contribution >= 0.6 is 0 Å². The highest BCUT2D eigenvalue weighted by atomic mass is 16.5. The number of imide groups is 1. The number of hydrogen-bond donors (Lipinski definition) is 3. The van der Waals surface area contributed by atoms with Crippen LogP contribution in [-0.2, 0) is 14.3 Å². The minimum absolute atomic E-state index is 0.0307. The van der Waals surface area contributed by atoms with Gasteiger partial charge in [0.05, 0.1) is 19.2 Å². The fourth-order valence-electron chi connectivity index (χ4n) is 2.77. The average Bonchev–Trinajstić information content (AvgIpc) is 2.61. The Morgan fingerprint density at radius 3 is 2.22 bits per heavy atom. The fourth-order valence-corrected chi connectivity index (χ4v) is 2.77. The minimum atomic E-state index is -0.761. The van der Waals surface area contributed by atoms with E-state index in [2.05, 4.69) is 29.2 Å². The number of carbonyl (C=O) groups is 3. The molecule has 1 aromatic carbocycles. The summed E-state index contributed by atoms with van der Waals surface area (Å²) in [4.78, 5) is 36.5. The molecule has 7 heteroatoms. The molecule has 3 amide bonds. The van der Waals surface area contributed by atoms with Crippen LogP contribution in [0.2, 0.25) is 0 Å². The van der Waals surface area contributed by atoms with Crippen molar-refractivity contribution in [3.63, 3.8) is 0 Å². The van der Waals surface area contributed by atoms with Gasteiger partial charge in [0.25, 0.3) is 11.8 Å². The van der Waals surface area contributed by atoms with E-state index >= 15 is 0 Å². The van der Waals surface area contributed by atoms with Crippen molar-refractivity contribution in [2.75, 3.05) is 26.2 Å². The molecule has 0 radical (unpaired) electrons. The van der Waals surface area contributed by atoms with E-state index in [0.717, 1.165) is 16.9 Å². The number of benzene rings is 1. The van der Waals surface area contributed by atoms with E-state index in [0.29, 0.717) is 12.5 Å². The van der Waals surface area contributed by atoms with E-state index in [1.807, 2.05) is 37.3 Å². The van der Waals surface area contributed by atoms with Crippen molar-refractivity contribution in [3.8, 4) is 0 Å². The van der Waals surface area contributed by atoms with Gasteiger partial charge < -0.3 is 15.0 Å². The molecule has 1 aromatic rings. The number of quaternary nitrogens is 1. The number of hydrogen-bond acceptors (Lipinski definition) is 4. The van der Waals surface area contributed by atoms with Crippen LogP contribution in [-0.4, -0.2) is 44.1 Å². The second-order valence-corrected chi connectivity index (χ2v) is 6.89. The van der Waals surface area contributed by atoms with Gasteiger partial charge in [-0.2, -0.15) is 0 Å². The first kappa shape index (κ1) is 22.6. The molecule has 27 heavy (non-hydrogen) atoms. The van der Waals surface area contributed by atoms with Gasteiger partial charge in [0.2, 0.25) is 0 Å². The third-order valence-electron chi connectivity index (χ3n) is 4.08. The second-order valence-electron chi connectivity index (χ2n) is 6.89. The lowest BCUT2D eigenvalue weighted by atomic mass is 9.97. The maximum atomic E-state index is 12.5. The molecule has 0 saturated carbocycles. The fraction of sp³-hybridized carbons (Fsp3) is 0.550. The molecule has 1 rings (SSSR count). The van der Waals surface area contributed by atoms with Gasteiger partial charge in [-0.15, -0.1) is 0 Å². The van der Waals surface area contributed by atoms with Gasteiger partial charge in [-0.05, 0) is 31.7 Å². The number of rotatable bonds is 10. The highest BCUT2D eigenvalue weighted by Crippen LogP contribution is 2.20. The van der Waals surface area contributed by atoms with Gasteiger partial charge >= 0.3 is 6.09 Å². The zero-order valence-electron chi connectivity index (χ0n) is 16.7. The maximum Gasteiger partial charge on any atom is 0.414 e. The Morgan fingerprint density at radius 2 is 1.67 bits per heavy atom. The van der Waals surface area contributed by atoms with Gasteiger partial charge in [-0.3, -0.25) is 14.9 Å². The quantitative estimate of drug-likeness (QED) is 0.568. The monoisotopic (exact) mass is 378 g/mol. The third-order valence-corrected chi connectivity index (χ3v) is 4.08. The standard InChI is InChI=1S/C20H31N3O4/c1-5-23(14-19(25)22-20(26)27-6-2)13-18(24)21-17(12-15(3)4)16-10-8-7-9-11-16/h7-11,15,17H,5-6,12-14H2,1-4H3,(H,21,24)(H,22,25,26)/p+1/t17-/m0/s1. The predicted octanol–water partition coefficient (Wildman–Crippen LogP) is 1.07. The van der Waals surface area contributed by atoms with Crippen molar-refractivity contribution in [2.24, 2.45) is 5.92 Å². The Bertz CT molecular complexity index is 605. The maximum absolute atomic E-state index is 12.5. The number of alkyl carbamates (subject to hydrolysis) is 1. The molecular formula is C20H32N3O4+. The third kappa shape index (κ3) is 9.19. The van der Waals surface area contributed by atoms with Crippen LogP contribution in [0.5, 0.6) is 0 Å². The summed E-state index contributed by atoms with van der Waals surface area (Å²) in [6, 6.07) is 9.80. The summed E-state index contributed by atoms with van der Waals surface area (Å²) >= 11 is 0. The normalized spacial score (nSPS) is 12.9. The zero-order valence-corrected chi connectivity index (χ0v) is 16.7. The second kappa shape index (κ2) is 12.1. The summed E-state index contributed by atoms with van der Waals surface area (Å²) in [6.07, 6.45) is 0.0732. The van der Waals surface area contributed by atoms with E-state index in [-0.39, 0.29) is 31.6 Å². The molecule has 1 unspecified atom stereocenters. The molecule has 0 aromatic heterocycles. The predicted molar refractivity (Wildman–Crippen MR) is 103 cm³/mol. The van der Waals surface area contributed by atoms with Gasteiger partial charge in [0.1, 0.15) is 0 Å². The summed E-state index contributed by atoms with van der Waals surface area (Å²) in [5, 5.41) is 5.24. The molecule has 0 fully saturated rings. The van der Waals surface area contributed by atoms with Crippen molar-refractivity contribution in [1.82, 2.24) is 10.6 Å². The van der Waals surface area contributed by atoms with Gasteiger partial charge in [0, 0.05) is 0 Å². The van der Waals surface area contributed by atoms with Crippen molar-refractivity contribution in [3.05, 3.63) is 35.9 Å². The lowest BCUT2D eigenvalue weighted by Gasteiger charge is -2.23. The van der Waals surface area contributed by atoms with Crippen molar-refractivity contribution >= 4 is 17.9 Å². The Kier molecular flexibility index (Phi) is 10.1. The van der Waals surface area contributed by atoms with Crippen LogP contribution in [0.15, 0.2) is 30.3 Å². The lowest BCUT2D eigenvalue weighted by Crippen LogP contribution is -3.14. The molecule has 0 aliphatic carbocycles. The number of carbonyl (C=O) groups excluding carboxylic acids is 3. The van der Waals surface area contributed by atoms with Gasteiger partial charge in [0.15, 0.2) is 13.1 Å². The number of ether oxygens (including phenoxy) is 1. The first-order valence-electron chi connectivity index (χ1n) is 9.50. The Labute approximate surface area is 161 Å². The molecule has 0 aliphatic rings. The SMILES string of the molecule is CCOC(=O)NC(=O)C[NH+](CC)CC(=O)N[C@@H](CC(C)C)c1ccccc1. The molecule has 0 heterocycles. The molecule has 7 nitrogen and oxygen atoms in total. The largest absolute Gasteiger partial charge is 0.450 e. The van der Waals surface area contributed by atoms with Crippen LogP contribution in [0.3, 0.4) is 0 Å². The first-order chi connectivity index (χ1) is 12.8. The summed E-state index contributed by atoms with van der Waals surface area (Å²) in [6.45, 7) is 8.77. The van der Waals surface area contributed by atoms with Crippen LogP contribution in [0.4, 0.5) is 4.79 Å². The Morgan fingerprint density at radius 1 is 1.04 bits per heavy atom. The van der Waals surface area contributed by atoms with Crippen LogP contribution in [0.1, 0.15) is 45.7 Å². The Balaban J connectivity index is 2.62. The van der Waals surface area contributed by atoms with Crippen molar-refractivity contribution in [1.29, 1.82) is 0 Å².